The van der Waals surface area contributed by atoms with Gasteiger partial charge in [-0.25, -0.2) is 9.59 Å². The number of hydrogen-bond acceptors (Lipinski definition) is 7. The Bertz CT molecular complexity index is 929. The molecular formula is C24H35N3O6S. The zero-order valence-electron chi connectivity index (χ0n) is 20.6. The summed E-state index contributed by atoms with van der Waals surface area (Å²) in [5.74, 6) is -0.620. The van der Waals surface area contributed by atoms with E-state index >= 15 is 0 Å². The minimum Gasteiger partial charge on any atom is -0.467 e. The predicted molar refractivity (Wildman–Crippen MR) is 128 cm³/mol. The molecule has 1 N–H and O–H groups in total. The maximum atomic E-state index is 12.9. The number of piperidine rings is 1. The normalized spacial score (nSPS) is 18.6. The number of thiophene rings is 1. The van der Waals surface area contributed by atoms with Crippen molar-refractivity contribution in [1.29, 1.82) is 0 Å². The molecule has 3 amide bonds. The number of amides is 3. The van der Waals surface area contributed by atoms with Crippen LogP contribution in [0.25, 0.3) is 0 Å². The number of nitrogens with zero attached hydrogens (tertiary/aromatic N) is 2. The molecule has 0 unspecified atom stereocenters. The van der Waals surface area contributed by atoms with E-state index in [4.69, 9.17) is 9.47 Å². The van der Waals surface area contributed by atoms with Crippen molar-refractivity contribution in [3.63, 3.8) is 0 Å². The number of esters is 1. The van der Waals surface area contributed by atoms with Crippen molar-refractivity contribution in [2.24, 2.45) is 5.41 Å². The molecule has 2 aliphatic rings. The maximum absolute atomic E-state index is 12.9. The van der Waals surface area contributed by atoms with Crippen LogP contribution < -0.4 is 5.32 Å². The summed E-state index contributed by atoms with van der Waals surface area (Å²) in [6, 6.07) is 2.24. The van der Waals surface area contributed by atoms with E-state index in [0.717, 1.165) is 19.3 Å². The van der Waals surface area contributed by atoms with Crippen LogP contribution in [0.3, 0.4) is 0 Å². The van der Waals surface area contributed by atoms with Crippen LogP contribution in [0.15, 0.2) is 12.1 Å². The lowest BCUT2D eigenvalue weighted by Crippen LogP contribution is -2.51. The summed E-state index contributed by atoms with van der Waals surface area (Å²) in [4.78, 5) is 54.2. The second kappa shape index (κ2) is 10.4. The Labute approximate surface area is 204 Å². The lowest BCUT2D eigenvalue weighted by molar-refractivity contribution is -0.146. The molecule has 0 bridgehead atoms. The number of nitrogens with one attached hydrogen (secondary N) is 1. The molecule has 2 saturated heterocycles. The Morgan fingerprint density at radius 1 is 1.06 bits per heavy atom. The standard InChI is InChI=1S/C24H35N3O6S/c1-16(28)18-6-7-19(34-18)20(29)26-11-8-24(9-12-26)10-13-27(15-24)22(31)25-17(21(30)32-5)14-33-23(2,3)4/h6-7,17H,8-15H2,1-5H3,(H,25,31)/t17-/m0/s1. The number of Topliss-reactive ketones (excluding diaryl/α,β-unsaturated/α-hetero) is 1. The molecule has 0 aromatic carbocycles. The van der Waals surface area contributed by atoms with Crippen molar-refractivity contribution in [2.75, 3.05) is 39.9 Å². The van der Waals surface area contributed by atoms with Crippen molar-refractivity contribution >= 4 is 35.0 Å². The highest BCUT2D eigenvalue weighted by molar-refractivity contribution is 7.15. The van der Waals surface area contributed by atoms with Crippen LogP contribution in [0.4, 0.5) is 4.79 Å². The first-order valence-corrected chi connectivity index (χ1v) is 12.4. The zero-order chi connectivity index (χ0) is 25.1. The van der Waals surface area contributed by atoms with Gasteiger partial charge in [0.25, 0.3) is 5.91 Å². The van der Waals surface area contributed by atoms with E-state index in [-0.39, 0.29) is 29.7 Å². The van der Waals surface area contributed by atoms with Crippen molar-refractivity contribution in [3.05, 3.63) is 21.9 Å². The molecule has 1 atom stereocenters. The predicted octanol–water partition coefficient (Wildman–Crippen LogP) is 2.95. The van der Waals surface area contributed by atoms with Gasteiger partial charge in [-0.1, -0.05) is 0 Å². The molecule has 2 aliphatic heterocycles. The minimum atomic E-state index is -0.876. The molecule has 2 fully saturated rings. The van der Waals surface area contributed by atoms with Gasteiger partial charge in [-0.05, 0) is 64.5 Å². The van der Waals surface area contributed by atoms with Gasteiger partial charge in [0.05, 0.1) is 29.1 Å². The Hall–Kier alpha value is -2.46. The molecule has 1 aromatic rings. The highest BCUT2D eigenvalue weighted by Crippen LogP contribution is 2.40. The van der Waals surface area contributed by atoms with Gasteiger partial charge in [-0.15, -0.1) is 11.3 Å². The summed E-state index contributed by atoms with van der Waals surface area (Å²) < 4.78 is 10.5. The number of methoxy groups -OCH3 is 1. The number of ketones is 1. The second-order valence-electron chi connectivity index (χ2n) is 10.1. The first-order chi connectivity index (χ1) is 15.9. The average molecular weight is 494 g/mol. The summed E-state index contributed by atoms with van der Waals surface area (Å²) in [7, 11) is 1.29. The van der Waals surface area contributed by atoms with Gasteiger partial charge in [0.2, 0.25) is 0 Å². The van der Waals surface area contributed by atoms with Crippen molar-refractivity contribution in [2.45, 2.75) is 58.6 Å². The molecule has 3 heterocycles. The molecule has 9 nitrogen and oxygen atoms in total. The molecule has 10 heteroatoms. The van der Waals surface area contributed by atoms with Crippen LogP contribution in [-0.4, -0.2) is 85.0 Å². The monoisotopic (exact) mass is 493 g/mol. The van der Waals surface area contributed by atoms with E-state index in [9.17, 15) is 19.2 Å². The fraction of sp³-hybridized carbons (Fsp3) is 0.667. The topological polar surface area (TPSA) is 105 Å². The van der Waals surface area contributed by atoms with E-state index in [2.05, 4.69) is 5.32 Å². The van der Waals surface area contributed by atoms with Crippen molar-refractivity contribution < 1.29 is 28.7 Å². The van der Waals surface area contributed by atoms with Crippen LogP contribution in [0, 0.1) is 5.41 Å². The third-order valence-corrected chi connectivity index (χ3v) is 7.64. The quantitative estimate of drug-likeness (QED) is 0.483. The van der Waals surface area contributed by atoms with E-state index in [1.807, 2.05) is 25.7 Å². The van der Waals surface area contributed by atoms with Gasteiger partial charge in [-0.2, -0.15) is 0 Å². The Morgan fingerprint density at radius 2 is 1.65 bits per heavy atom. The molecule has 0 radical (unpaired) electrons. The fourth-order valence-electron chi connectivity index (χ4n) is 4.38. The molecule has 1 aromatic heterocycles. The SMILES string of the molecule is COC(=O)[C@H](COC(C)(C)C)NC(=O)N1CCC2(CCN(C(=O)c3ccc(C(C)=O)s3)CC2)C1. The summed E-state index contributed by atoms with van der Waals surface area (Å²) in [5, 5.41) is 2.76. The van der Waals surface area contributed by atoms with E-state index in [1.54, 1.807) is 17.0 Å². The highest BCUT2D eigenvalue weighted by Gasteiger charge is 2.43. The van der Waals surface area contributed by atoms with Gasteiger partial charge in [0.15, 0.2) is 11.8 Å². The summed E-state index contributed by atoms with van der Waals surface area (Å²) in [5.41, 5.74) is -0.479. The molecular weight excluding hydrogens is 458 g/mol. The molecule has 0 saturated carbocycles. The lowest BCUT2D eigenvalue weighted by atomic mass is 9.78. The number of carbonyl (C=O) groups is 4. The number of carbonyl (C=O) groups excluding carboxylic acids is 4. The van der Waals surface area contributed by atoms with E-state index < -0.39 is 17.6 Å². The molecule has 34 heavy (non-hydrogen) atoms. The van der Waals surface area contributed by atoms with Crippen LogP contribution in [0.2, 0.25) is 0 Å². The van der Waals surface area contributed by atoms with Crippen molar-refractivity contribution in [1.82, 2.24) is 15.1 Å². The molecule has 188 valence electrons. The third-order valence-electron chi connectivity index (χ3n) is 6.47. The fourth-order valence-corrected chi connectivity index (χ4v) is 5.25. The van der Waals surface area contributed by atoms with Gasteiger partial charge >= 0.3 is 12.0 Å². The van der Waals surface area contributed by atoms with Gasteiger partial charge < -0.3 is 24.6 Å². The maximum Gasteiger partial charge on any atom is 0.330 e. The van der Waals surface area contributed by atoms with Crippen LogP contribution in [-0.2, 0) is 14.3 Å². The van der Waals surface area contributed by atoms with Crippen LogP contribution >= 0.6 is 11.3 Å². The number of ether oxygens (including phenoxy) is 2. The zero-order valence-corrected chi connectivity index (χ0v) is 21.5. The second-order valence-corrected chi connectivity index (χ2v) is 11.2. The van der Waals surface area contributed by atoms with Gasteiger partial charge in [0, 0.05) is 26.2 Å². The highest BCUT2D eigenvalue weighted by atomic mass is 32.1. The van der Waals surface area contributed by atoms with E-state index in [0.29, 0.717) is 35.9 Å². The number of likely N-dealkylation sites (tertiary alicyclic amines) is 2. The number of rotatable bonds is 6. The summed E-state index contributed by atoms with van der Waals surface area (Å²) in [6.07, 6.45) is 2.47. The average Bonchev–Trinajstić information content (AvgIpc) is 3.44. The molecule has 0 aliphatic carbocycles. The Morgan fingerprint density at radius 3 is 2.18 bits per heavy atom. The smallest absolute Gasteiger partial charge is 0.330 e. The minimum absolute atomic E-state index is 0.0310. The van der Waals surface area contributed by atoms with Gasteiger partial charge in [0.1, 0.15) is 0 Å². The molecule has 3 rings (SSSR count). The van der Waals surface area contributed by atoms with Crippen LogP contribution in [0.5, 0.6) is 0 Å². The Kier molecular flexibility index (Phi) is 8.02. The lowest BCUT2D eigenvalue weighted by Gasteiger charge is -2.39. The first kappa shape index (κ1) is 26.2. The largest absolute Gasteiger partial charge is 0.467 e. The number of urea groups is 1. The summed E-state index contributed by atoms with van der Waals surface area (Å²) in [6.45, 7) is 9.59. The summed E-state index contributed by atoms with van der Waals surface area (Å²) >= 11 is 1.24. The van der Waals surface area contributed by atoms with Gasteiger partial charge in [-0.3, -0.25) is 9.59 Å². The first-order valence-electron chi connectivity index (χ1n) is 11.6. The van der Waals surface area contributed by atoms with E-state index in [1.165, 1.54) is 25.4 Å². The molecule has 1 spiro atoms. The third kappa shape index (κ3) is 6.35. The number of hydrogen-bond donors (Lipinski definition) is 1. The Balaban J connectivity index is 1.54. The van der Waals surface area contributed by atoms with Crippen molar-refractivity contribution in [3.8, 4) is 0 Å². The van der Waals surface area contributed by atoms with Crippen LogP contribution in [0.1, 0.15) is 66.3 Å².